The van der Waals surface area contributed by atoms with E-state index in [2.05, 4.69) is 20.4 Å². The van der Waals surface area contributed by atoms with Gasteiger partial charge in [0.05, 0.1) is 18.1 Å². The zero-order valence-corrected chi connectivity index (χ0v) is 18.7. The summed E-state index contributed by atoms with van der Waals surface area (Å²) >= 11 is 0. The van der Waals surface area contributed by atoms with Crippen LogP contribution in [0.2, 0.25) is 0 Å². The number of rotatable bonds is 5. The number of piperidine rings is 1. The topological polar surface area (TPSA) is 127 Å². The molecule has 11 nitrogen and oxygen atoms in total. The van der Waals surface area contributed by atoms with Crippen molar-refractivity contribution in [3.05, 3.63) is 66.4 Å². The number of pyridine rings is 1. The molecule has 1 fully saturated rings. The first-order valence-electron chi connectivity index (χ1n) is 10.5. The van der Waals surface area contributed by atoms with Crippen LogP contribution in [0.5, 0.6) is 0 Å². The third-order valence-electron chi connectivity index (χ3n) is 5.70. The van der Waals surface area contributed by atoms with Gasteiger partial charge in [0, 0.05) is 43.7 Å². The number of nitrogens with one attached hydrogen (secondary N) is 1. The van der Waals surface area contributed by atoms with Crippen LogP contribution < -0.4 is 5.32 Å². The third-order valence-corrected chi connectivity index (χ3v) is 7.00. The summed E-state index contributed by atoms with van der Waals surface area (Å²) in [5.74, 6) is 0.738. The van der Waals surface area contributed by atoms with Gasteiger partial charge in [-0.15, -0.1) is 0 Å². The van der Waals surface area contributed by atoms with Crippen molar-refractivity contribution >= 4 is 27.4 Å². The SMILES string of the molecule is CS(=O)(=O)N1CCC(c2cc(NC(=O)c3cnn4cccnc34)n(-c3ccccn3)n2)CC1. The monoisotopic (exact) mass is 466 g/mol. The van der Waals surface area contributed by atoms with Crippen molar-refractivity contribution in [1.29, 1.82) is 0 Å². The molecule has 33 heavy (non-hydrogen) atoms. The lowest BCUT2D eigenvalue weighted by Gasteiger charge is -2.29. The van der Waals surface area contributed by atoms with Gasteiger partial charge in [0.15, 0.2) is 11.5 Å². The molecule has 4 aromatic rings. The predicted octanol–water partition coefficient (Wildman–Crippen LogP) is 1.70. The van der Waals surface area contributed by atoms with Crippen LogP contribution in [0.1, 0.15) is 34.8 Å². The summed E-state index contributed by atoms with van der Waals surface area (Å²) in [6.07, 6.45) is 8.98. The zero-order chi connectivity index (χ0) is 23.0. The fourth-order valence-corrected chi connectivity index (χ4v) is 4.87. The molecule has 1 aliphatic rings. The van der Waals surface area contributed by atoms with E-state index in [1.165, 1.54) is 21.3 Å². The lowest BCUT2D eigenvalue weighted by atomic mass is 9.95. The molecule has 5 heterocycles. The van der Waals surface area contributed by atoms with Crippen LogP contribution in [0, 0.1) is 0 Å². The van der Waals surface area contributed by atoms with Gasteiger partial charge in [-0.1, -0.05) is 6.07 Å². The number of sulfonamides is 1. The molecule has 170 valence electrons. The summed E-state index contributed by atoms with van der Waals surface area (Å²) in [5, 5.41) is 11.8. The minimum absolute atomic E-state index is 0.0715. The maximum absolute atomic E-state index is 13.1. The lowest BCUT2D eigenvalue weighted by molar-refractivity contribution is 0.102. The molecule has 0 bridgehead atoms. The number of aromatic nitrogens is 6. The van der Waals surface area contributed by atoms with Crippen molar-refractivity contribution in [1.82, 2.24) is 33.7 Å². The van der Waals surface area contributed by atoms with Crippen LogP contribution in [-0.4, -0.2) is 67.3 Å². The second kappa shape index (κ2) is 8.37. The van der Waals surface area contributed by atoms with Crippen LogP contribution in [0.4, 0.5) is 5.82 Å². The highest BCUT2D eigenvalue weighted by molar-refractivity contribution is 7.88. The third kappa shape index (κ3) is 4.22. The van der Waals surface area contributed by atoms with Gasteiger partial charge < -0.3 is 5.32 Å². The number of fused-ring (bicyclic) bond motifs is 1. The van der Waals surface area contributed by atoms with Gasteiger partial charge in [-0.3, -0.25) is 4.79 Å². The van der Waals surface area contributed by atoms with E-state index in [1.54, 1.807) is 41.5 Å². The molecule has 0 saturated carbocycles. The Kier molecular flexibility index (Phi) is 5.38. The van der Waals surface area contributed by atoms with Crippen LogP contribution in [0.3, 0.4) is 0 Å². The molecule has 4 aromatic heterocycles. The highest BCUT2D eigenvalue weighted by Gasteiger charge is 2.28. The van der Waals surface area contributed by atoms with Gasteiger partial charge in [-0.25, -0.2) is 27.2 Å². The number of hydrogen-bond acceptors (Lipinski definition) is 7. The maximum Gasteiger partial charge on any atom is 0.262 e. The van der Waals surface area contributed by atoms with Crippen molar-refractivity contribution in [2.75, 3.05) is 24.7 Å². The van der Waals surface area contributed by atoms with Crippen molar-refractivity contribution in [2.24, 2.45) is 0 Å². The maximum atomic E-state index is 13.1. The molecule has 0 aromatic carbocycles. The molecule has 1 aliphatic heterocycles. The number of nitrogens with zero attached hydrogens (tertiary/aromatic N) is 7. The second-order valence-corrected chi connectivity index (χ2v) is 9.87. The molecule has 5 rings (SSSR count). The van der Waals surface area contributed by atoms with E-state index >= 15 is 0 Å². The summed E-state index contributed by atoms with van der Waals surface area (Å²) in [5.41, 5.74) is 1.57. The molecule has 1 amide bonds. The Labute approximate surface area is 190 Å². The Hall–Kier alpha value is -3.64. The Morgan fingerprint density at radius 3 is 2.64 bits per heavy atom. The second-order valence-electron chi connectivity index (χ2n) is 7.89. The van der Waals surface area contributed by atoms with Gasteiger partial charge in [0.25, 0.3) is 5.91 Å². The van der Waals surface area contributed by atoms with Crippen LogP contribution in [-0.2, 0) is 10.0 Å². The fraction of sp³-hybridized carbons (Fsp3) is 0.286. The first-order chi connectivity index (χ1) is 15.9. The number of hydrogen-bond donors (Lipinski definition) is 1. The molecule has 0 radical (unpaired) electrons. The Morgan fingerprint density at radius 1 is 1.12 bits per heavy atom. The first kappa shape index (κ1) is 21.2. The van der Waals surface area contributed by atoms with E-state index in [9.17, 15) is 13.2 Å². The van der Waals surface area contributed by atoms with E-state index in [1.807, 2.05) is 12.1 Å². The summed E-state index contributed by atoms with van der Waals surface area (Å²) in [4.78, 5) is 21.7. The number of carbonyl (C=O) groups is 1. The van der Waals surface area contributed by atoms with Crippen LogP contribution in [0.25, 0.3) is 11.5 Å². The quantitative estimate of drug-likeness (QED) is 0.474. The lowest BCUT2D eigenvalue weighted by Crippen LogP contribution is -2.37. The van der Waals surface area contributed by atoms with E-state index in [0.717, 1.165) is 5.69 Å². The Balaban J connectivity index is 1.45. The van der Waals surface area contributed by atoms with Crippen LogP contribution in [0.15, 0.2) is 55.1 Å². The van der Waals surface area contributed by atoms with E-state index < -0.39 is 10.0 Å². The number of anilines is 1. The van der Waals surface area contributed by atoms with Crippen LogP contribution >= 0.6 is 0 Å². The van der Waals surface area contributed by atoms with Gasteiger partial charge in [-0.2, -0.15) is 14.9 Å². The standard InChI is InChI=1S/C21H22N8O3S/c1-33(31,32)27-11-6-15(7-12-27)17-13-19(29(26-17)18-5-2-3-8-22-18)25-21(30)16-14-24-28-10-4-9-23-20(16)28/h2-5,8-10,13-15H,6-7,11-12H2,1H3,(H,25,30). The molecule has 1 N–H and O–H groups in total. The molecule has 1 saturated heterocycles. The Morgan fingerprint density at radius 2 is 1.91 bits per heavy atom. The minimum atomic E-state index is -3.21. The smallest absolute Gasteiger partial charge is 0.262 e. The Bertz CT molecular complexity index is 1410. The van der Waals surface area contributed by atoms with Gasteiger partial charge in [0.1, 0.15) is 11.4 Å². The van der Waals surface area contributed by atoms with E-state index in [4.69, 9.17) is 5.10 Å². The number of amides is 1. The molecule has 0 unspecified atom stereocenters. The highest BCUT2D eigenvalue weighted by atomic mass is 32.2. The highest BCUT2D eigenvalue weighted by Crippen LogP contribution is 2.31. The predicted molar refractivity (Wildman–Crippen MR) is 121 cm³/mol. The molecule has 0 spiro atoms. The van der Waals surface area contributed by atoms with E-state index in [0.29, 0.717) is 48.8 Å². The largest absolute Gasteiger partial charge is 0.306 e. The van der Waals surface area contributed by atoms with Crippen molar-refractivity contribution in [3.63, 3.8) is 0 Å². The molecule has 12 heteroatoms. The average Bonchev–Trinajstić information content (AvgIpc) is 3.44. The molecular weight excluding hydrogens is 444 g/mol. The van der Waals surface area contributed by atoms with Gasteiger partial charge >= 0.3 is 0 Å². The summed E-state index contributed by atoms with van der Waals surface area (Å²) in [6.45, 7) is 0.880. The summed E-state index contributed by atoms with van der Waals surface area (Å²) < 4.78 is 28.3. The number of carbonyl (C=O) groups excluding carboxylic acids is 1. The van der Waals surface area contributed by atoms with Gasteiger partial charge in [-0.05, 0) is 31.0 Å². The van der Waals surface area contributed by atoms with Gasteiger partial charge in [0.2, 0.25) is 10.0 Å². The summed E-state index contributed by atoms with van der Waals surface area (Å²) in [7, 11) is -3.21. The van der Waals surface area contributed by atoms with Crippen molar-refractivity contribution in [2.45, 2.75) is 18.8 Å². The van der Waals surface area contributed by atoms with Crippen molar-refractivity contribution in [3.8, 4) is 5.82 Å². The molecule has 0 aliphatic carbocycles. The average molecular weight is 467 g/mol. The first-order valence-corrected chi connectivity index (χ1v) is 12.3. The van der Waals surface area contributed by atoms with E-state index in [-0.39, 0.29) is 11.8 Å². The molecular formula is C21H22N8O3S. The summed E-state index contributed by atoms with van der Waals surface area (Å²) in [6, 6.07) is 9.01. The fourth-order valence-electron chi connectivity index (χ4n) is 4.00. The zero-order valence-electron chi connectivity index (χ0n) is 17.9. The minimum Gasteiger partial charge on any atom is -0.306 e. The van der Waals surface area contributed by atoms with Crippen molar-refractivity contribution < 1.29 is 13.2 Å². The molecule has 0 atom stereocenters. The normalized spacial score (nSPS) is 15.7.